The zero-order valence-electron chi connectivity index (χ0n) is 29.7. The van der Waals surface area contributed by atoms with Crippen LogP contribution in [0.4, 0.5) is 17.1 Å². The minimum absolute atomic E-state index is 0.615. The van der Waals surface area contributed by atoms with Crippen molar-refractivity contribution in [1.29, 1.82) is 0 Å². The van der Waals surface area contributed by atoms with E-state index in [1.54, 1.807) is 0 Å². The molecule has 4 heteroatoms. The van der Waals surface area contributed by atoms with Crippen LogP contribution < -0.4 is 4.90 Å². The summed E-state index contributed by atoms with van der Waals surface area (Å²) in [6.07, 6.45) is 0. The van der Waals surface area contributed by atoms with Gasteiger partial charge in [-0.05, 0) is 105 Å². The molecule has 9 aromatic carbocycles. The van der Waals surface area contributed by atoms with Crippen LogP contribution in [-0.4, -0.2) is 4.98 Å². The molecule has 11 aromatic rings. The first-order valence-electron chi connectivity index (χ1n) is 18.5. The predicted molar refractivity (Wildman–Crippen MR) is 227 cm³/mol. The molecule has 0 fully saturated rings. The largest absolute Gasteiger partial charge is 0.455 e. The lowest BCUT2D eigenvalue weighted by Gasteiger charge is -2.27. The van der Waals surface area contributed by atoms with E-state index in [0.717, 1.165) is 77.6 Å². The Morgan fingerprint density at radius 2 is 1.07 bits per heavy atom. The van der Waals surface area contributed by atoms with Crippen molar-refractivity contribution < 1.29 is 8.83 Å². The molecule has 0 aliphatic rings. The number of nitrogens with zero attached hydrogens (tertiary/aromatic N) is 2. The highest BCUT2D eigenvalue weighted by Crippen LogP contribution is 2.47. The third-order valence-corrected chi connectivity index (χ3v) is 10.7. The van der Waals surface area contributed by atoms with Gasteiger partial charge in [-0.3, -0.25) is 0 Å². The van der Waals surface area contributed by atoms with E-state index in [4.69, 9.17) is 13.8 Å². The Kier molecular flexibility index (Phi) is 7.14. The van der Waals surface area contributed by atoms with Gasteiger partial charge in [0.15, 0.2) is 5.58 Å². The molecule has 2 heterocycles. The number of fused-ring (bicyclic) bond motifs is 7. The van der Waals surface area contributed by atoms with E-state index in [1.807, 2.05) is 36.4 Å². The summed E-state index contributed by atoms with van der Waals surface area (Å²) in [7, 11) is 0. The Morgan fingerprint density at radius 3 is 1.89 bits per heavy atom. The standard InChI is InChI=1S/C51H32N2O2/c1-3-12-33(13-4-1)35-22-26-39(27-23-35)53(40-28-24-34-14-7-8-17-37(34)30-40)46-20-11-21-48-49(46)44-32-43(41-18-9-10-19-42(41)50(44)54-48)38-25-29-47-45(31-38)52-51(55-47)36-15-5-2-6-16-36/h1-32H. The molecule has 0 unspecified atom stereocenters. The maximum absolute atomic E-state index is 6.83. The lowest BCUT2D eigenvalue weighted by molar-refractivity contribution is 0.620. The molecule has 0 aliphatic carbocycles. The molecule has 0 atom stereocenters. The number of aromatic nitrogens is 1. The first-order chi connectivity index (χ1) is 27.2. The molecule has 2 aromatic heterocycles. The summed E-state index contributed by atoms with van der Waals surface area (Å²) in [5, 5.41) is 6.67. The number of anilines is 3. The number of benzene rings is 9. The van der Waals surface area contributed by atoms with Gasteiger partial charge in [0.05, 0.1) is 11.1 Å². The second-order valence-corrected chi connectivity index (χ2v) is 13.9. The van der Waals surface area contributed by atoms with Gasteiger partial charge in [-0.1, -0.05) is 127 Å². The van der Waals surface area contributed by atoms with Crippen LogP contribution in [-0.2, 0) is 0 Å². The highest BCUT2D eigenvalue weighted by Gasteiger charge is 2.22. The third kappa shape index (κ3) is 5.26. The average Bonchev–Trinajstić information content (AvgIpc) is 3.87. The van der Waals surface area contributed by atoms with Gasteiger partial charge in [0.2, 0.25) is 5.89 Å². The van der Waals surface area contributed by atoms with Crippen molar-refractivity contribution in [3.05, 3.63) is 194 Å². The minimum atomic E-state index is 0.615. The SMILES string of the molecule is c1ccc(-c2ccc(N(c3ccc4ccccc4c3)c3cccc4oc5c6ccccc6c(-c6ccc7oc(-c8ccccc8)nc7c6)cc5c34)cc2)cc1. The first-order valence-corrected chi connectivity index (χ1v) is 18.5. The van der Waals surface area contributed by atoms with E-state index in [9.17, 15) is 0 Å². The minimum Gasteiger partial charge on any atom is -0.455 e. The second-order valence-electron chi connectivity index (χ2n) is 13.9. The topological polar surface area (TPSA) is 42.4 Å². The van der Waals surface area contributed by atoms with Crippen LogP contribution in [0.3, 0.4) is 0 Å². The van der Waals surface area contributed by atoms with Crippen LogP contribution in [0.25, 0.3) is 88.3 Å². The highest BCUT2D eigenvalue weighted by atomic mass is 16.3. The van der Waals surface area contributed by atoms with E-state index in [2.05, 4.69) is 163 Å². The maximum Gasteiger partial charge on any atom is 0.227 e. The summed E-state index contributed by atoms with van der Waals surface area (Å²) < 4.78 is 13.0. The van der Waals surface area contributed by atoms with Crippen LogP contribution in [0.2, 0.25) is 0 Å². The van der Waals surface area contributed by atoms with Crippen molar-refractivity contribution in [1.82, 2.24) is 4.98 Å². The molecular formula is C51H32N2O2. The molecule has 0 N–H and O–H groups in total. The van der Waals surface area contributed by atoms with Crippen molar-refractivity contribution in [2.45, 2.75) is 0 Å². The average molecular weight is 705 g/mol. The fourth-order valence-electron chi connectivity index (χ4n) is 8.03. The van der Waals surface area contributed by atoms with Gasteiger partial charge in [-0.15, -0.1) is 0 Å². The van der Waals surface area contributed by atoms with Crippen molar-refractivity contribution in [3.8, 4) is 33.7 Å². The zero-order chi connectivity index (χ0) is 36.3. The van der Waals surface area contributed by atoms with Gasteiger partial charge in [-0.2, -0.15) is 0 Å². The first kappa shape index (κ1) is 31.1. The van der Waals surface area contributed by atoms with Crippen molar-refractivity contribution >= 4 is 71.6 Å². The van der Waals surface area contributed by atoms with Crippen LogP contribution in [0.1, 0.15) is 0 Å². The molecule has 258 valence electrons. The summed E-state index contributed by atoms with van der Waals surface area (Å²) in [6, 6.07) is 68.1. The Balaban J connectivity index is 1.14. The highest BCUT2D eigenvalue weighted by molar-refractivity contribution is 6.22. The summed E-state index contributed by atoms with van der Waals surface area (Å²) in [5.41, 5.74) is 11.9. The van der Waals surface area contributed by atoms with Crippen molar-refractivity contribution in [2.75, 3.05) is 4.90 Å². The number of rotatable bonds is 6. The monoisotopic (exact) mass is 704 g/mol. The van der Waals surface area contributed by atoms with E-state index < -0.39 is 0 Å². The maximum atomic E-state index is 6.83. The van der Waals surface area contributed by atoms with Crippen molar-refractivity contribution in [2.24, 2.45) is 0 Å². The summed E-state index contributed by atoms with van der Waals surface area (Å²) in [4.78, 5) is 7.27. The molecule has 11 rings (SSSR count). The van der Waals surface area contributed by atoms with E-state index >= 15 is 0 Å². The van der Waals surface area contributed by atoms with Crippen LogP contribution in [0.15, 0.2) is 203 Å². The molecule has 4 nitrogen and oxygen atoms in total. The van der Waals surface area contributed by atoms with Crippen LogP contribution >= 0.6 is 0 Å². The molecule has 0 spiro atoms. The van der Waals surface area contributed by atoms with Gasteiger partial charge in [0.1, 0.15) is 16.7 Å². The molecule has 0 aliphatic heterocycles. The molecule has 0 amide bonds. The summed E-state index contributed by atoms with van der Waals surface area (Å²) in [5.74, 6) is 0.615. The second kappa shape index (κ2) is 12.6. The lowest BCUT2D eigenvalue weighted by Crippen LogP contribution is -2.10. The van der Waals surface area contributed by atoms with Gasteiger partial charge >= 0.3 is 0 Å². The summed E-state index contributed by atoms with van der Waals surface area (Å²) >= 11 is 0. The number of oxazole rings is 1. The third-order valence-electron chi connectivity index (χ3n) is 10.7. The molecular weight excluding hydrogens is 673 g/mol. The molecule has 0 saturated carbocycles. The van der Waals surface area contributed by atoms with Crippen molar-refractivity contribution in [3.63, 3.8) is 0 Å². The fraction of sp³-hybridized carbons (Fsp3) is 0. The number of hydrogen-bond donors (Lipinski definition) is 0. The summed E-state index contributed by atoms with van der Waals surface area (Å²) in [6.45, 7) is 0. The van der Waals surface area contributed by atoms with Crippen LogP contribution in [0, 0.1) is 0 Å². The van der Waals surface area contributed by atoms with Crippen LogP contribution in [0.5, 0.6) is 0 Å². The molecule has 0 saturated heterocycles. The number of furan rings is 1. The normalized spacial score (nSPS) is 11.6. The van der Waals surface area contributed by atoms with Gasteiger partial charge in [-0.25, -0.2) is 4.98 Å². The fourth-order valence-corrected chi connectivity index (χ4v) is 8.03. The van der Waals surface area contributed by atoms with E-state index in [-0.39, 0.29) is 0 Å². The Labute approximate surface area is 317 Å². The molecule has 0 radical (unpaired) electrons. The van der Waals surface area contributed by atoms with E-state index in [0.29, 0.717) is 5.89 Å². The number of hydrogen-bond acceptors (Lipinski definition) is 4. The Hall–Kier alpha value is -7.43. The Bertz CT molecular complexity index is 3200. The molecule has 55 heavy (non-hydrogen) atoms. The van der Waals surface area contributed by atoms with Gasteiger partial charge < -0.3 is 13.7 Å². The molecule has 0 bridgehead atoms. The Morgan fingerprint density at radius 1 is 0.400 bits per heavy atom. The lowest BCUT2D eigenvalue weighted by atomic mass is 9.94. The predicted octanol–water partition coefficient (Wildman–Crippen LogP) is 14.5. The van der Waals surface area contributed by atoms with Gasteiger partial charge in [0, 0.05) is 27.7 Å². The zero-order valence-corrected chi connectivity index (χ0v) is 29.7. The van der Waals surface area contributed by atoms with Gasteiger partial charge in [0.25, 0.3) is 0 Å². The smallest absolute Gasteiger partial charge is 0.227 e. The quantitative estimate of drug-likeness (QED) is 0.173. The van der Waals surface area contributed by atoms with E-state index in [1.165, 1.54) is 21.9 Å².